The third-order valence-electron chi connectivity index (χ3n) is 8.66. The molecule has 0 radical (unpaired) electrons. The third kappa shape index (κ3) is 3.52. The first-order valence-corrected chi connectivity index (χ1v) is 12.8. The van der Waals surface area contributed by atoms with Crippen LogP contribution in [0.4, 0.5) is 0 Å². The Morgan fingerprint density at radius 2 is 1.85 bits per heavy atom. The van der Waals surface area contributed by atoms with Crippen LogP contribution in [-0.2, 0) is 11.3 Å². The van der Waals surface area contributed by atoms with Crippen LogP contribution in [0.1, 0.15) is 75.0 Å². The first-order valence-electron chi connectivity index (χ1n) is 12.8. The second-order valence-corrected chi connectivity index (χ2v) is 10.9. The lowest BCUT2D eigenvalue weighted by Crippen LogP contribution is -2.69. The number of hydrogen-bond donors (Lipinski definition) is 0. The number of nitriles is 1. The Kier molecular flexibility index (Phi) is 5.21. The number of hydrogen-bond acceptors (Lipinski definition) is 3. The highest BCUT2D eigenvalue weighted by atomic mass is 16.2. The van der Waals surface area contributed by atoms with Gasteiger partial charge >= 0.3 is 0 Å². The van der Waals surface area contributed by atoms with E-state index >= 15 is 0 Å². The van der Waals surface area contributed by atoms with E-state index in [2.05, 4.69) is 45.0 Å². The molecule has 3 aliphatic carbocycles. The molecule has 1 aliphatic heterocycles. The van der Waals surface area contributed by atoms with Crippen LogP contribution in [0.25, 0.3) is 10.9 Å². The lowest BCUT2D eigenvalue weighted by molar-refractivity contribution is -0.225. The number of rotatable bonds is 9. The fourth-order valence-electron chi connectivity index (χ4n) is 6.90. The Balaban J connectivity index is 0.916. The lowest BCUT2D eigenvalue weighted by atomic mass is 9.33. The molecule has 2 heterocycles. The van der Waals surface area contributed by atoms with E-state index in [1.54, 1.807) is 0 Å². The summed E-state index contributed by atoms with van der Waals surface area (Å²) in [6.07, 6.45) is 12.5. The molecule has 0 spiro atoms. The van der Waals surface area contributed by atoms with E-state index in [4.69, 9.17) is 5.26 Å². The molecule has 4 fully saturated rings. The standard InChI is InChI=1S/C29H32N4O/c30-17-22-10-11-26-24(16-22)18-31-33(26)14-7-2-1-6-13-28-19-29(20-28,21-28)27(34)32-15-12-25(32)23-8-4-3-5-9-23/h3-5,8-11,16,18,25H,1-2,6-7,12-15,19-21H2. The number of carbonyl (C=O) groups is 1. The maximum Gasteiger partial charge on any atom is 0.229 e. The summed E-state index contributed by atoms with van der Waals surface area (Å²) in [5.41, 5.74) is 3.54. The minimum atomic E-state index is -0.0139. The van der Waals surface area contributed by atoms with Crippen molar-refractivity contribution in [1.82, 2.24) is 14.7 Å². The maximum absolute atomic E-state index is 13.3. The Labute approximate surface area is 201 Å². The highest BCUT2D eigenvalue weighted by Crippen LogP contribution is 2.76. The predicted octanol–water partition coefficient (Wildman–Crippen LogP) is 6.00. The predicted molar refractivity (Wildman–Crippen MR) is 132 cm³/mol. The quantitative estimate of drug-likeness (QED) is 0.374. The van der Waals surface area contributed by atoms with Crippen molar-refractivity contribution in [3.63, 3.8) is 0 Å². The molecule has 2 bridgehead atoms. The number of nitrogens with zero attached hydrogens (tertiary/aromatic N) is 4. The summed E-state index contributed by atoms with van der Waals surface area (Å²) in [5.74, 6) is 0.433. The average molecular weight is 453 g/mol. The van der Waals surface area contributed by atoms with Crippen LogP contribution in [0.5, 0.6) is 0 Å². The molecule has 34 heavy (non-hydrogen) atoms. The topological polar surface area (TPSA) is 61.9 Å². The minimum absolute atomic E-state index is 0.0139. The van der Waals surface area contributed by atoms with Crippen molar-refractivity contribution in [1.29, 1.82) is 5.26 Å². The van der Waals surface area contributed by atoms with E-state index in [0.717, 1.165) is 56.1 Å². The Morgan fingerprint density at radius 3 is 2.59 bits per heavy atom. The minimum Gasteiger partial charge on any atom is -0.335 e. The molecule has 4 aliphatic rings. The van der Waals surface area contributed by atoms with Gasteiger partial charge < -0.3 is 4.90 Å². The van der Waals surface area contributed by atoms with Crippen LogP contribution in [0, 0.1) is 22.2 Å². The molecule has 1 aromatic heterocycles. The second-order valence-electron chi connectivity index (χ2n) is 10.9. The number of benzene rings is 2. The van der Waals surface area contributed by atoms with Gasteiger partial charge in [0, 0.05) is 18.5 Å². The second kappa shape index (κ2) is 8.27. The number of aromatic nitrogens is 2. The zero-order chi connectivity index (χ0) is 23.2. The summed E-state index contributed by atoms with van der Waals surface area (Å²) >= 11 is 0. The van der Waals surface area contributed by atoms with Gasteiger partial charge in [-0.15, -0.1) is 0 Å². The SMILES string of the molecule is N#Cc1ccc2c(cnn2CCCCCCC23CC(C(=O)N4CCC4c4ccccc4)(C2)C3)c1. The van der Waals surface area contributed by atoms with E-state index in [1.165, 1.54) is 31.2 Å². The maximum atomic E-state index is 13.3. The van der Waals surface area contributed by atoms with Gasteiger partial charge in [0.25, 0.3) is 0 Å². The van der Waals surface area contributed by atoms with Crippen molar-refractivity contribution in [3.8, 4) is 6.07 Å². The van der Waals surface area contributed by atoms with Crippen molar-refractivity contribution in [2.45, 2.75) is 70.4 Å². The fourth-order valence-corrected chi connectivity index (χ4v) is 6.90. The number of amides is 1. The van der Waals surface area contributed by atoms with Gasteiger partial charge in [0.1, 0.15) is 0 Å². The van der Waals surface area contributed by atoms with Gasteiger partial charge in [-0.25, -0.2) is 0 Å². The first kappa shape index (κ1) is 21.4. The molecular weight excluding hydrogens is 420 g/mol. The van der Waals surface area contributed by atoms with Crippen LogP contribution in [0.3, 0.4) is 0 Å². The van der Waals surface area contributed by atoms with E-state index in [0.29, 0.717) is 22.9 Å². The number of fused-ring (bicyclic) bond motifs is 1. The highest BCUT2D eigenvalue weighted by Gasteiger charge is 2.71. The van der Waals surface area contributed by atoms with Gasteiger partial charge in [0.05, 0.1) is 34.8 Å². The zero-order valence-electron chi connectivity index (χ0n) is 19.7. The summed E-state index contributed by atoms with van der Waals surface area (Å²) < 4.78 is 2.06. The molecule has 2 aromatic carbocycles. The number of likely N-dealkylation sites (tertiary alicyclic amines) is 1. The highest BCUT2D eigenvalue weighted by molar-refractivity contribution is 5.87. The largest absolute Gasteiger partial charge is 0.335 e. The summed E-state index contributed by atoms with van der Waals surface area (Å²) in [6, 6.07) is 18.8. The van der Waals surface area contributed by atoms with Crippen LogP contribution in [-0.4, -0.2) is 27.1 Å². The van der Waals surface area contributed by atoms with Gasteiger partial charge in [-0.2, -0.15) is 10.4 Å². The monoisotopic (exact) mass is 452 g/mol. The molecule has 5 nitrogen and oxygen atoms in total. The average Bonchev–Trinajstić information content (AvgIpc) is 3.18. The van der Waals surface area contributed by atoms with Crippen LogP contribution >= 0.6 is 0 Å². The first-order chi connectivity index (χ1) is 16.6. The summed E-state index contributed by atoms with van der Waals surface area (Å²) in [7, 11) is 0. The van der Waals surface area contributed by atoms with Crippen molar-refractivity contribution in [2.24, 2.45) is 10.8 Å². The molecule has 1 atom stereocenters. The Morgan fingerprint density at radius 1 is 1.06 bits per heavy atom. The van der Waals surface area contributed by atoms with E-state index in [-0.39, 0.29) is 5.41 Å². The van der Waals surface area contributed by atoms with Gasteiger partial charge in [0.15, 0.2) is 0 Å². The molecule has 3 saturated carbocycles. The molecule has 7 rings (SSSR count). The van der Waals surface area contributed by atoms with E-state index in [1.807, 2.05) is 30.5 Å². The molecule has 1 unspecified atom stereocenters. The molecule has 1 amide bonds. The van der Waals surface area contributed by atoms with Gasteiger partial charge in [-0.05, 0) is 67.7 Å². The fraction of sp³-hybridized carbons (Fsp3) is 0.483. The smallest absolute Gasteiger partial charge is 0.229 e. The molecule has 1 saturated heterocycles. The Hall–Kier alpha value is -3.13. The number of unbranched alkanes of at least 4 members (excludes halogenated alkanes) is 3. The summed E-state index contributed by atoms with van der Waals surface area (Å²) in [6.45, 7) is 1.86. The van der Waals surface area contributed by atoms with Crippen molar-refractivity contribution >= 4 is 16.8 Å². The van der Waals surface area contributed by atoms with Crippen LogP contribution < -0.4 is 0 Å². The summed E-state index contributed by atoms with van der Waals surface area (Å²) in [4.78, 5) is 15.4. The van der Waals surface area contributed by atoms with Crippen molar-refractivity contribution < 1.29 is 4.79 Å². The number of carbonyl (C=O) groups excluding carboxylic acids is 1. The van der Waals surface area contributed by atoms with Crippen LogP contribution in [0.2, 0.25) is 0 Å². The molecule has 5 heteroatoms. The third-order valence-corrected chi connectivity index (χ3v) is 8.66. The van der Waals surface area contributed by atoms with E-state index in [9.17, 15) is 4.79 Å². The van der Waals surface area contributed by atoms with Crippen molar-refractivity contribution in [3.05, 3.63) is 65.9 Å². The van der Waals surface area contributed by atoms with E-state index < -0.39 is 0 Å². The Bertz CT molecular complexity index is 1230. The molecule has 174 valence electrons. The molecular formula is C29H32N4O. The zero-order valence-corrected chi connectivity index (χ0v) is 19.7. The summed E-state index contributed by atoms with van der Waals surface area (Å²) in [5, 5.41) is 14.6. The number of aryl methyl sites for hydroxylation is 1. The normalized spacial score (nSPS) is 26.9. The molecule has 3 aromatic rings. The van der Waals surface area contributed by atoms with Gasteiger partial charge in [-0.1, -0.05) is 49.6 Å². The molecule has 0 N–H and O–H groups in total. The lowest BCUT2D eigenvalue weighted by Gasteiger charge is -2.71. The van der Waals surface area contributed by atoms with Crippen molar-refractivity contribution in [2.75, 3.05) is 6.54 Å². The van der Waals surface area contributed by atoms with Gasteiger partial charge in [-0.3, -0.25) is 9.48 Å². The van der Waals surface area contributed by atoms with Crippen LogP contribution in [0.15, 0.2) is 54.7 Å². The van der Waals surface area contributed by atoms with Gasteiger partial charge in [0.2, 0.25) is 5.91 Å².